The van der Waals surface area contributed by atoms with Crippen molar-refractivity contribution in [1.82, 2.24) is 0 Å². The molecule has 0 bridgehead atoms. The molecule has 0 nitrogen and oxygen atoms in total. The summed E-state index contributed by atoms with van der Waals surface area (Å²) in [4.78, 5) is 0. The third kappa shape index (κ3) is 1.51. The highest BCUT2D eigenvalue weighted by atomic mass is 35.5. The van der Waals surface area contributed by atoms with Gasteiger partial charge in [0.05, 0.1) is 0 Å². The van der Waals surface area contributed by atoms with Gasteiger partial charge in [0.1, 0.15) is 0 Å². The van der Waals surface area contributed by atoms with E-state index in [9.17, 15) is 0 Å². The van der Waals surface area contributed by atoms with Gasteiger partial charge in [-0.15, -0.1) is 0 Å². The lowest BCUT2D eigenvalue weighted by Gasteiger charge is -2.05. The second-order valence-corrected chi connectivity index (χ2v) is 4.27. The topological polar surface area (TPSA) is 0 Å². The lowest BCUT2D eigenvalue weighted by atomic mass is 10.0. The van der Waals surface area contributed by atoms with Gasteiger partial charge in [-0.3, -0.25) is 0 Å². The Morgan fingerprint density at radius 2 is 2.08 bits per heavy atom. The van der Waals surface area contributed by atoms with Crippen LogP contribution in [0.25, 0.3) is 6.08 Å². The normalized spacial score (nSPS) is 14.6. The summed E-state index contributed by atoms with van der Waals surface area (Å²) in [7, 11) is 0. The smallest absolute Gasteiger partial charge is 0.0447 e. The summed E-state index contributed by atoms with van der Waals surface area (Å²) in [5.41, 5.74) is 4.09. The van der Waals surface area contributed by atoms with E-state index in [-0.39, 0.29) is 0 Å². The Balaban J connectivity index is 2.41. The Hall–Kier alpha value is -0.750. The van der Waals surface area contributed by atoms with Crippen LogP contribution in [0.2, 0.25) is 5.02 Å². The quantitative estimate of drug-likeness (QED) is 0.633. The van der Waals surface area contributed by atoms with Crippen LogP contribution in [0, 0.1) is 5.92 Å². The maximum atomic E-state index is 6.11. The van der Waals surface area contributed by atoms with Crippen molar-refractivity contribution in [3.05, 3.63) is 39.9 Å². The van der Waals surface area contributed by atoms with E-state index in [1.54, 1.807) is 0 Å². The third-order valence-corrected chi connectivity index (χ3v) is 2.97. The molecule has 1 aliphatic carbocycles. The van der Waals surface area contributed by atoms with Crippen LogP contribution in [0.4, 0.5) is 0 Å². The Bertz CT molecular complexity index is 361. The van der Waals surface area contributed by atoms with Gasteiger partial charge in [0, 0.05) is 5.02 Å². The van der Waals surface area contributed by atoms with Crippen molar-refractivity contribution in [3.63, 3.8) is 0 Å². The van der Waals surface area contributed by atoms with E-state index in [2.05, 4.69) is 26.0 Å². The Labute approximate surface area is 84.2 Å². The largest absolute Gasteiger partial charge is 0.0840 e. The molecule has 0 saturated heterocycles. The maximum Gasteiger partial charge on any atom is 0.0447 e. The van der Waals surface area contributed by atoms with Crippen molar-refractivity contribution in [2.45, 2.75) is 20.3 Å². The second-order valence-electron chi connectivity index (χ2n) is 3.86. The average molecular weight is 193 g/mol. The SMILES string of the molecule is CC(C)C1=Cc2cccc(Cl)c2C1. The molecular formula is C12H13Cl. The first kappa shape index (κ1) is 8.83. The monoisotopic (exact) mass is 192 g/mol. The zero-order valence-electron chi connectivity index (χ0n) is 7.97. The van der Waals surface area contributed by atoms with Crippen LogP contribution in [0.5, 0.6) is 0 Å². The van der Waals surface area contributed by atoms with Crippen molar-refractivity contribution < 1.29 is 0 Å². The van der Waals surface area contributed by atoms with Gasteiger partial charge < -0.3 is 0 Å². The summed E-state index contributed by atoms with van der Waals surface area (Å²) >= 11 is 6.11. The zero-order chi connectivity index (χ0) is 9.42. The Morgan fingerprint density at radius 3 is 2.69 bits per heavy atom. The lowest BCUT2D eigenvalue weighted by Crippen LogP contribution is -1.93. The molecule has 1 aromatic carbocycles. The zero-order valence-corrected chi connectivity index (χ0v) is 8.73. The summed E-state index contributed by atoms with van der Waals surface area (Å²) in [5.74, 6) is 0.628. The van der Waals surface area contributed by atoms with Gasteiger partial charge in [-0.2, -0.15) is 0 Å². The fourth-order valence-electron chi connectivity index (χ4n) is 1.72. The van der Waals surface area contributed by atoms with Crippen LogP contribution >= 0.6 is 11.6 Å². The van der Waals surface area contributed by atoms with E-state index in [1.165, 1.54) is 16.7 Å². The molecule has 2 rings (SSSR count). The van der Waals surface area contributed by atoms with E-state index < -0.39 is 0 Å². The van der Waals surface area contributed by atoms with E-state index >= 15 is 0 Å². The van der Waals surface area contributed by atoms with Crippen LogP contribution in [0.3, 0.4) is 0 Å². The Morgan fingerprint density at radius 1 is 1.31 bits per heavy atom. The van der Waals surface area contributed by atoms with Crippen LogP contribution in [0.15, 0.2) is 23.8 Å². The average Bonchev–Trinajstić information content (AvgIpc) is 2.49. The molecule has 0 atom stereocenters. The molecule has 0 aromatic heterocycles. The predicted molar refractivity (Wildman–Crippen MR) is 58.0 cm³/mol. The number of allylic oxidation sites excluding steroid dienone is 1. The molecule has 0 spiro atoms. The second kappa shape index (κ2) is 3.19. The number of hydrogen-bond donors (Lipinski definition) is 0. The van der Waals surface area contributed by atoms with Crippen LogP contribution in [0.1, 0.15) is 25.0 Å². The number of fused-ring (bicyclic) bond motifs is 1. The summed E-state index contributed by atoms with van der Waals surface area (Å²) in [6.45, 7) is 4.46. The minimum Gasteiger partial charge on any atom is -0.0840 e. The standard InChI is InChI=1S/C12H13Cl/c1-8(2)10-6-9-4-3-5-12(13)11(9)7-10/h3-6,8H,7H2,1-2H3. The molecule has 1 aliphatic rings. The molecule has 0 fully saturated rings. The van der Waals surface area contributed by atoms with Crippen molar-refractivity contribution in [2.24, 2.45) is 5.92 Å². The summed E-state index contributed by atoms with van der Waals surface area (Å²) in [6.07, 6.45) is 3.30. The van der Waals surface area contributed by atoms with Crippen molar-refractivity contribution >= 4 is 17.7 Å². The van der Waals surface area contributed by atoms with E-state index in [0.717, 1.165) is 11.4 Å². The first-order valence-corrected chi connectivity index (χ1v) is 5.04. The summed E-state index contributed by atoms with van der Waals surface area (Å²) in [6, 6.07) is 6.12. The van der Waals surface area contributed by atoms with Gasteiger partial charge in [-0.25, -0.2) is 0 Å². The predicted octanol–water partition coefficient (Wildman–Crippen LogP) is 3.94. The molecule has 1 heteroatoms. The molecule has 0 unspecified atom stereocenters. The van der Waals surface area contributed by atoms with Gasteiger partial charge in [0.15, 0.2) is 0 Å². The number of benzene rings is 1. The molecule has 0 radical (unpaired) electrons. The highest BCUT2D eigenvalue weighted by Crippen LogP contribution is 2.33. The summed E-state index contributed by atoms with van der Waals surface area (Å²) < 4.78 is 0. The molecule has 0 N–H and O–H groups in total. The van der Waals surface area contributed by atoms with Gasteiger partial charge >= 0.3 is 0 Å². The third-order valence-electron chi connectivity index (χ3n) is 2.62. The van der Waals surface area contributed by atoms with Gasteiger partial charge in [0.25, 0.3) is 0 Å². The van der Waals surface area contributed by atoms with E-state index in [4.69, 9.17) is 11.6 Å². The highest BCUT2D eigenvalue weighted by molar-refractivity contribution is 6.31. The number of hydrogen-bond acceptors (Lipinski definition) is 0. The van der Waals surface area contributed by atoms with E-state index in [1.807, 2.05) is 12.1 Å². The first-order chi connectivity index (χ1) is 6.18. The molecule has 0 amide bonds. The van der Waals surface area contributed by atoms with E-state index in [0.29, 0.717) is 5.92 Å². The molecule has 0 heterocycles. The minimum atomic E-state index is 0.628. The van der Waals surface area contributed by atoms with Gasteiger partial charge in [-0.05, 0) is 29.5 Å². The number of rotatable bonds is 1. The van der Waals surface area contributed by atoms with Crippen molar-refractivity contribution in [2.75, 3.05) is 0 Å². The van der Waals surface area contributed by atoms with Crippen LogP contribution < -0.4 is 0 Å². The molecule has 0 aliphatic heterocycles. The van der Waals surface area contributed by atoms with Crippen LogP contribution in [-0.2, 0) is 6.42 Å². The van der Waals surface area contributed by atoms with Gasteiger partial charge in [-0.1, -0.05) is 49.2 Å². The summed E-state index contributed by atoms with van der Waals surface area (Å²) in [5, 5.41) is 0.907. The number of halogens is 1. The van der Waals surface area contributed by atoms with Gasteiger partial charge in [0.2, 0.25) is 0 Å². The molecule has 1 aromatic rings. The fourth-order valence-corrected chi connectivity index (χ4v) is 1.97. The maximum absolute atomic E-state index is 6.11. The lowest BCUT2D eigenvalue weighted by molar-refractivity contribution is 0.754. The molecule has 0 saturated carbocycles. The van der Waals surface area contributed by atoms with Crippen molar-refractivity contribution in [3.8, 4) is 0 Å². The minimum absolute atomic E-state index is 0.628. The molecular weight excluding hydrogens is 180 g/mol. The van der Waals surface area contributed by atoms with Crippen LogP contribution in [-0.4, -0.2) is 0 Å². The Kier molecular flexibility index (Phi) is 2.17. The highest BCUT2D eigenvalue weighted by Gasteiger charge is 2.16. The van der Waals surface area contributed by atoms with Crippen molar-refractivity contribution in [1.29, 1.82) is 0 Å². The molecule has 68 valence electrons. The first-order valence-electron chi connectivity index (χ1n) is 4.66. The molecule has 13 heavy (non-hydrogen) atoms. The fraction of sp³-hybridized carbons (Fsp3) is 0.333.